The minimum absolute atomic E-state index is 0.0891. The molecule has 0 bridgehead atoms. The lowest BCUT2D eigenvalue weighted by atomic mass is 9.91. The molecule has 1 aliphatic carbocycles. The van der Waals surface area contributed by atoms with Crippen LogP contribution in [0.4, 0.5) is 14.5 Å². The third kappa shape index (κ3) is 2.91. The molecule has 0 radical (unpaired) electrons. The fraction of sp³-hybridized carbons (Fsp3) is 0.333. The lowest BCUT2D eigenvalue weighted by molar-refractivity contribution is -0.0101. The van der Waals surface area contributed by atoms with Crippen molar-refractivity contribution >= 4 is 5.69 Å². The molecule has 3 rings (SSSR count). The van der Waals surface area contributed by atoms with Crippen LogP contribution in [0.1, 0.15) is 24.3 Å². The monoisotopic (exact) mass is 303 g/mol. The van der Waals surface area contributed by atoms with Gasteiger partial charge in [0, 0.05) is 18.2 Å². The van der Waals surface area contributed by atoms with Crippen molar-refractivity contribution in [2.75, 3.05) is 12.4 Å². The van der Waals surface area contributed by atoms with Crippen molar-refractivity contribution in [2.24, 2.45) is 0 Å². The van der Waals surface area contributed by atoms with Crippen LogP contribution in [0.2, 0.25) is 0 Å². The summed E-state index contributed by atoms with van der Waals surface area (Å²) in [5.41, 5.74) is 1.53. The summed E-state index contributed by atoms with van der Waals surface area (Å²) in [6.45, 7) is 0. The lowest BCUT2D eigenvalue weighted by Crippen LogP contribution is -2.31. The highest BCUT2D eigenvalue weighted by molar-refractivity contribution is 5.46. The first-order valence-electron chi connectivity index (χ1n) is 7.43. The van der Waals surface area contributed by atoms with Crippen LogP contribution in [0.15, 0.2) is 54.6 Å². The van der Waals surface area contributed by atoms with Gasteiger partial charge >= 0.3 is 0 Å². The Kier molecular flexibility index (Phi) is 4.01. The second-order valence-corrected chi connectivity index (χ2v) is 5.67. The van der Waals surface area contributed by atoms with Crippen LogP contribution >= 0.6 is 0 Å². The molecule has 2 nitrogen and oxygen atoms in total. The smallest absolute Gasteiger partial charge is 0.256 e. The third-order valence-electron chi connectivity index (χ3n) is 4.25. The molecule has 2 unspecified atom stereocenters. The zero-order valence-corrected chi connectivity index (χ0v) is 12.4. The van der Waals surface area contributed by atoms with Gasteiger partial charge in [-0.15, -0.1) is 0 Å². The van der Waals surface area contributed by atoms with Gasteiger partial charge in [-0.25, -0.2) is 8.78 Å². The number of para-hydroxylation sites is 1. The molecule has 1 saturated carbocycles. The van der Waals surface area contributed by atoms with Gasteiger partial charge in [0.2, 0.25) is 0 Å². The van der Waals surface area contributed by atoms with Crippen molar-refractivity contribution in [1.29, 1.82) is 0 Å². The number of nitrogens with one attached hydrogen (secondary N) is 1. The highest BCUT2D eigenvalue weighted by Crippen LogP contribution is 2.48. The van der Waals surface area contributed by atoms with E-state index in [1.54, 1.807) is 31.4 Å². The van der Waals surface area contributed by atoms with Gasteiger partial charge in [-0.3, -0.25) is 0 Å². The van der Waals surface area contributed by atoms with Crippen molar-refractivity contribution in [3.8, 4) is 5.75 Å². The molecule has 0 aliphatic heterocycles. The van der Waals surface area contributed by atoms with E-state index in [9.17, 15) is 8.78 Å². The maximum absolute atomic E-state index is 14.4. The topological polar surface area (TPSA) is 21.3 Å². The van der Waals surface area contributed by atoms with Crippen LogP contribution in [0.25, 0.3) is 0 Å². The summed E-state index contributed by atoms with van der Waals surface area (Å²) >= 11 is 0. The summed E-state index contributed by atoms with van der Waals surface area (Å²) in [5.74, 6) is -2.84. The number of hydrogen-bond acceptors (Lipinski definition) is 2. The van der Waals surface area contributed by atoms with Crippen molar-refractivity contribution < 1.29 is 13.5 Å². The van der Waals surface area contributed by atoms with E-state index in [0.717, 1.165) is 5.69 Å². The van der Waals surface area contributed by atoms with Gasteiger partial charge < -0.3 is 10.1 Å². The Hall–Kier alpha value is -2.10. The summed E-state index contributed by atoms with van der Waals surface area (Å²) in [7, 11) is 1.57. The van der Waals surface area contributed by atoms with E-state index < -0.39 is 11.8 Å². The first-order valence-corrected chi connectivity index (χ1v) is 7.43. The molecule has 1 fully saturated rings. The number of rotatable bonds is 4. The van der Waals surface area contributed by atoms with Gasteiger partial charge in [0.1, 0.15) is 5.75 Å². The number of anilines is 1. The predicted octanol–water partition coefficient (Wildman–Crippen LogP) is 4.69. The van der Waals surface area contributed by atoms with Gasteiger partial charge in [-0.2, -0.15) is 0 Å². The Labute approximate surface area is 129 Å². The largest absolute Gasteiger partial charge is 0.497 e. The molecule has 0 aromatic heterocycles. The SMILES string of the molecule is COc1ccc(C2C(Nc3ccccc3)CCC2(F)F)cc1. The minimum atomic E-state index is -2.69. The molecule has 22 heavy (non-hydrogen) atoms. The van der Waals surface area contributed by atoms with Crippen LogP contribution < -0.4 is 10.1 Å². The van der Waals surface area contributed by atoms with Crippen molar-refractivity contribution in [3.05, 3.63) is 60.2 Å². The zero-order chi connectivity index (χ0) is 15.6. The van der Waals surface area contributed by atoms with Crippen molar-refractivity contribution in [2.45, 2.75) is 30.7 Å². The summed E-state index contributed by atoms with van der Waals surface area (Å²) in [6.07, 6.45) is 0.368. The highest BCUT2D eigenvalue weighted by Gasteiger charge is 2.50. The molecular weight excluding hydrogens is 284 g/mol. The number of methoxy groups -OCH3 is 1. The Bertz CT molecular complexity index is 613. The summed E-state index contributed by atoms with van der Waals surface area (Å²) in [5, 5.41) is 3.26. The molecule has 1 N–H and O–H groups in total. The number of ether oxygens (including phenoxy) is 1. The molecule has 4 heteroatoms. The van der Waals surface area contributed by atoms with Crippen LogP contribution in [-0.2, 0) is 0 Å². The van der Waals surface area contributed by atoms with Crippen LogP contribution in [0, 0.1) is 0 Å². The van der Waals surface area contributed by atoms with E-state index in [4.69, 9.17) is 4.74 Å². The van der Waals surface area contributed by atoms with E-state index in [1.807, 2.05) is 30.3 Å². The quantitative estimate of drug-likeness (QED) is 0.885. The average Bonchev–Trinajstić information content (AvgIpc) is 2.83. The molecule has 0 spiro atoms. The molecule has 0 heterocycles. The molecule has 2 atom stereocenters. The van der Waals surface area contributed by atoms with Gasteiger partial charge in [-0.05, 0) is 36.2 Å². The molecule has 2 aromatic carbocycles. The summed E-state index contributed by atoms with van der Waals surface area (Å²) in [6, 6.07) is 16.2. The molecule has 1 aliphatic rings. The van der Waals surface area contributed by atoms with Crippen LogP contribution in [-0.4, -0.2) is 19.1 Å². The van der Waals surface area contributed by atoms with E-state index >= 15 is 0 Å². The van der Waals surface area contributed by atoms with E-state index in [0.29, 0.717) is 17.7 Å². The second-order valence-electron chi connectivity index (χ2n) is 5.67. The Morgan fingerprint density at radius 3 is 2.36 bits per heavy atom. The first kappa shape index (κ1) is 14.8. The fourth-order valence-electron chi connectivity index (χ4n) is 3.16. The van der Waals surface area contributed by atoms with Gasteiger partial charge in [0.25, 0.3) is 5.92 Å². The Morgan fingerprint density at radius 1 is 1.05 bits per heavy atom. The van der Waals surface area contributed by atoms with Gasteiger partial charge in [-0.1, -0.05) is 30.3 Å². The maximum Gasteiger partial charge on any atom is 0.256 e. The summed E-state index contributed by atoms with van der Waals surface area (Å²) in [4.78, 5) is 0. The fourth-order valence-corrected chi connectivity index (χ4v) is 3.16. The Balaban J connectivity index is 1.86. The predicted molar refractivity (Wildman–Crippen MR) is 83.8 cm³/mol. The highest BCUT2D eigenvalue weighted by atomic mass is 19.3. The van der Waals surface area contributed by atoms with E-state index in [1.165, 1.54) is 0 Å². The normalized spacial score (nSPS) is 23.2. The van der Waals surface area contributed by atoms with Gasteiger partial charge in [0.15, 0.2) is 0 Å². The minimum Gasteiger partial charge on any atom is -0.497 e. The molecular formula is C18H19F2NO. The van der Waals surface area contributed by atoms with Crippen LogP contribution in [0.5, 0.6) is 5.75 Å². The van der Waals surface area contributed by atoms with E-state index in [2.05, 4.69) is 5.32 Å². The average molecular weight is 303 g/mol. The van der Waals surface area contributed by atoms with Crippen molar-refractivity contribution in [3.63, 3.8) is 0 Å². The third-order valence-corrected chi connectivity index (χ3v) is 4.25. The Morgan fingerprint density at radius 2 is 1.73 bits per heavy atom. The number of hydrogen-bond donors (Lipinski definition) is 1. The zero-order valence-electron chi connectivity index (χ0n) is 12.4. The molecule has 2 aromatic rings. The molecule has 116 valence electrons. The maximum atomic E-state index is 14.4. The molecule has 0 saturated heterocycles. The number of alkyl halides is 2. The van der Waals surface area contributed by atoms with Gasteiger partial charge in [0.05, 0.1) is 13.0 Å². The van der Waals surface area contributed by atoms with E-state index in [-0.39, 0.29) is 12.5 Å². The summed E-state index contributed by atoms with van der Waals surface area (Å²) < 4.78 is 33.8. The van der Waals surface area contributed by atoms with Crippen LogP contribution in [0.3, 0.4) is 0 Å². The number of halogens is 2. The van der Waals surface area contributed by atoms with Crippen molar-refractivity contribution in [1.82, 2.24) is 0 Å². The lowest BCUT2D eigenvalue weighted by Gasteiger charge is -2.26. The standard InChI is InChI=1S/C18H19F2NO/c1-22-15-9-7-13(8-10-15)17-16(11-12-18(17,19)20)21-14-5-3-2-4-6-14/h2-10,16-17,21H,11-12H2,1H3. The second kappa shape index (κ2) is 5.95. The molecule has 0 amide bonds. The number of benzene rings is 2. The first-order chi connectivity index (χ1) is 10.6.